The quantitative estimate of drug-likeness (QED) is 0.898. The van der Waals surface area contributed by atoms with Crippen LogP contribution in [0.25, 0.3) is 0 Å². The van der Waals surface area contributed by atoms with Crippen molar-refractivity contribution in [3.8, 4) is 0 Å². The monoisotopic (exact) mass is 359 g/mol. The van der Waals surface area contributed by atoms with E-state index >= 15 is 0 Å². The number of hydrogen-bond acceptors (Lipinski definition) is 5. The van der Waals surface area contributed by atoms with Crippen LogP contribution in [0.3, 0.4) is 0 Å². The Kier molecular flexibility index (Phi) is 4.36. The maximum atomic E-state index is 14.1. The van der Waals surface area contributed by atoms with E-state index < -0.39 is 5.54 Å². The minimum atomic E-state index is -0.455. The lowest BCUT2D eigenvalue weighted by Crippen LogP contribution is -2.59. The number of fused-ring (bicyclic) bond motifs is 2. The number of aromatic nitrogens is 3. The van der Waals surface area contributed by atoms with Crippen LogP contribution < -0.4 is 4.90 Å². The molecule has 0 aliphatic carbocycles. The fourth-order valence-corrected chi connectivity index (χ4v) is 4.29. The molecule has 2 aliphatic rings. The molecule has 26 heavy (non-hydrogen) atoms. The minimum absolute atomic E-state index is 0.0234. The number of H-pyrrole nitrogens is 1. The molecule has 1 N–H and O–H groups in total. The Hall–Kier alpha value is -2.48. The van der Waals surface area contributed by atoms with Crippen LogP contribution in [0.5, 0.6) is 0 Å². The zero-order valence-electron chi connectivity index (χ0n) is 14.7. The summed E-state index contributed by atoms with van der Waals surface area (Å²) in [4.78, 5) is 28.2. The highest BCUT2D eigenvalue weighted by Gasteiger charge is 2.48. The zero-order valence-corrected chi connectivity index (χ0v) is 14.7. The molecule has 1 spiro atoms. The minimum Gasteiger partial charge on any atom is -0.375 e. The van der Waals surface area contributed by atoms with E-state index in [0.717, 1.165) is 17.8 Å². The Morgan fingerprint density at radius 3 is 2.92 bits per heavy atom. The van der Waals surface area contributed by atoms with Gasteiger partial charge in [0.05, 0.1) is 29.4 Å². The van der Waals surface area contributed by atoms with Gasteiger partial charge in [-0.3, -0.25) is 9.78 Å². The lowest BCUT2D eigenvalue weighted by molar-refractivity contribution is -0.144. The number of pyridine rings is 1. The predicted octanol–water partition coefficient (Wildman–Crippen LogP) is 1.47. The molecule has 0 atom stereocenters. The van der Waals surface area contributed by atoms with E-state index in [4.69, 9.17) is 4.74 Å². The largest absolute Gasteiger partial charge is 0.375 e. The number of piperidine rings is 1. The molecule has 4 rings (SSSR count). The van der Waals surface area contributed by atoms with E-state index in [-0.39, 0.29) is 18.3 Å². The van der Waals surface area contributed by atoms with Gasteiger partial charge in [0.15, 0.2) is 5.82 Å². The van der Waals surface area contributed by atoms with Crippen LogP contribution in [-0.2, 0) is 21.5 Å². The maximum absolute atomic E-state index is 14.1. The van der Waals surface area contributed by atoms with Crippen molar-refractivity contribution in [1.29, 1.82) is 0 Å². The van der Waals surface area contributed by atoms with Crippen LogP contribution in [0.1, 0.15) is 24.2 Å². The van der Waals surface area contributed by atoms with Crippen molar-refractivity contribution in [3.63, 3.8) is 0 Å². The first kappa shape index (κ1) is 17.0. The molecule has 1 fully saturated rings. The molecule has 1 amide bonds. The second-order valence-corrected chi connectivity index (χ2v) is 6.80. The molecule has 2 aliphatic heterocycles. The topological polar surface area (TPSA) is 74.3 Å². The molecular weight excluding hydrogens is 337 g/mol. The Bertz CT molecular complexity index is 800. The maximum Gasteiger partial charge on any atom is 0.249 e. The first-order valence-corrected chi connectivity index (χ1v) is 8.82. The highest BCUT2D eigenvalue weighted by atomic mass is 19.1. The van der Waals surface area contributed by atoms with E-state index in [1.165, 1.54) is 13.3 Å². The highest BCUT2D eigenvalue weighted by Crippen LogP contribution is 2.43. The van der Waals surface area contributed by atoms with Crippen LogP contribution >= 0.6 is 0 Å². The van der Waals surface area contributed by atoms with Gasteiger partial charge in [-0.25, -0.2) is 9.37 Å². The van der Waals surface area contributed by atoms with Gasteiger partial charge >= 0.3 is 0 Å². The first-order chi connectivity index (χ1) is 12.7. The number of nitrogens with zero attached hydrogens (tertiary/aromatic N) is 4. The average molecular weight is 359 g/mol. The van der Waals surface area contributed by atoms with Gasteiger partial charge in [0.1, 0.15) is 6.61 Å². The number of carbonyl (C=O) groups excluding carboxylic acids is 1. The van der Waals surface area contributed by atoms with Crippen molar-refractivity contribution in [2.45, 2.75) is 24.8 Å². The number of methoxy groups -OCH3 is 1. The molecule has 0 bridgehead atoms. The molecule has 138 valence electrons. The lowest BCUT2D eigenvalue weighted by atomic mass is 9.78. The molecule has 0 saturated carbocycles. The number of hydrogen-bond donors (Lipinski definition) is 1. The molecule has 2 aromatic rings. The third kappa shape index (κ3) is 2.65. The summed E-state index contributed by atoms with van der Waals surface area (Å²) >= 11 is 0. The third-order valence-electron chi connectivity index (χ3n) is 5.51. The fraction of sp³-hybridized carbons (Fsp3) is 0.500. The number of halogens is 1. The van der Waals surface area contributed by atoms with Crippen LogP contribution in [0.15, 0.2) is 24.8 Å². The van der Waals surface area contributed by atoms with Gasteiger partial charge in [0.25, 0.3) is 0 Å². The van der Waals surface area contributed by atoms with Crippen molar-refractivity contribution >= 4 is 11.6 Å². The molecule has 7 nitrogen and oxygen atoms in total. The zero-order chi connectivity index (χ0) is 18.1. The Morgan fingerprint density at radius 1 is 1.38 bits per heavy atom. The van der Waals surface area contributed by atoms with Crippen LogP contribution in [-0.4, -0.2) is 59.1 Å². The van der Waals surface area contributed by atoms with Gasteiger partial charge < -0.3 is 19.5 Å². The van der Waals surface area contributed by atoms with Gasteiger partial charge in [0.2, 0.25) is 5.91 Å². The number of carbonyl (C=O) groups is 1. The van der Waals surface area contributed by atoms with Gasteiger partial charge in [-0.2, -0.15) is 0 Å². The van der Waals surface area contributed by atoms with Crippen LogP contribution in [0, 0.1) is 5.82 Å². The van der Waals surface area contributed by atoms with Gasteiger partial charge in [-0.1, -0.05) is 0 Å². The summed E-state index contributed by atoms with van der Waals surface area (Å²) in [5.41, 5.74) is 2.14. The number of amides is 1. The molecule has 2 aromatic heterocycles. The second kappa shape index (κ2) is 6.68. The SMILES string of the molecule is COCC(=O)N1CCc2[nH]cnc2C12CCN(c1ccncc1F)CC2. The van der Waals surface area contributed by atoms with Crippen molar-refractivity contribution in [1.82, 2.24) is 19.9 Å². The Labute approximate surface area is 151 Å². The van der Waals surface area contributed by atoms with E-state index in [1.807, 2.05) is 9.80 Å². The fourth-order valence-electron chi connectivity index (χ4n) is 4.29. The molecule has 0 radical (unpaired) electrons. The number of rotatable bonds is 3. The predicted molar refractivity (Wildman–Crippen MR) is 93.2 cm³/mol. The Balaban J connectivity index is 1.63. The normalized spacial score (nSPS) is 18.8. The van der Waals surface area contributed by atoms with E-state index in [2.05, 4.69) is 15.0 Å². The van der Waals surface area contributed by atoms with Crippen molar-refractivity contribution in [2.24, 2.45) is 0 Å². The number of nitrogens with one attached hydrogen (secondary N) is 1. The van der Waals surface area contributed by atoms with Gasteiger partial charge in [-0.05, 0) is 18.9 Å². The van der Waals surface area contributed by atoms with E-state index in [0.29, 0.717) is 38.2 Å². The Morgan fingerprint density at radius 2 is 2.19 bits per heavy atom. The summed E-state index contributed by atoms with van der Waals surface area (Å²) in [6.45, 7) is 1.99. The van der Waals surface area contributed by atoms with E-state index in [9.17, 15) is 9.18 Å². The molecular formula is C18H22FN5O2. The lowest BCUT2D eigenvalue weighted by Gasteiger charge is -2.50. The summed E-state index contributed by atoms with van der Waals surface area (Å²) in [6, 6.07) is 1.70. The standard InChI is InChI=1S/C18H22FN5O2/c1-26-11-16(25)24-7-3-14-17(22-12-21-14)18(24)4-8-23(9-5-18)15-2-6-20-10-13(15)19/h2,6,10,12H,3-5,7-9,11H2,1H3,(H,21,22). The molecule has 8 heteroatoms. The van der Waals surface area contributed by atoms with Gasteiger partial charge in [-0.15, -0.1) is 0 Å². The van der Waals surface area contributed by atoms with Crippen molar-refractivity contribution in [3.05, 3.63) is 42.0 Å². The van der Waals surface area contributed by atoms with Crippen LogP contribution in [0.2, 0.25) is 0 Å². The number of ether oxygens (including phenoxy) is 1. The highest BCUT2D eigenvalue weighted by molar-refractivity contribution is 5.79. The molecule has 0 aromatic carbocycles. The smallest absolute Gasteiger partial charge is 0.249 e. The molecule has 0 unspecified atom stereocenters. The number of imidazole rings is 1. The molecule has 4 heterocycles. The molecule has 1 saturated heterocycles. The van der Waals surface area contributed by atoms with Crippen molar-refractivity contribution in [2.75, 3.05) is 38.3 Å². The van der Waals surface area contributed by atoms with Crippen LogP contribution in [0.4, 0.5) is 10.1 Å². The summed E-state index contributed by atoms with van der Waals surface area (Å²) in [6.07, 6.45) is 6.69. The first-order valence-electron chi connectivity index (χ1n) is 8.82. The third-order valence-corrected chi connectivity index (χ3v) is 5.51. The van der Waals surface area contributed by atoms with Gasteiger partial charge in [0, 0.05) is 45.1 Å². The number of anilines is 1. The van der Waals surface area contributed by atoms with Crippen molar-refractivity contribution < 1.29 is 13.9 Å². The summed E-state index contributed by atoms with van der Waals surface area (Å²) < 4.78 is 19.2. The summed E-state index contributed by atoms with van der Waals surface area (Å²) in [5, 5.41) is 0. The van der Waals surface area contributed by atoms with E-state index in [1.54, 1.807) is 18.6 Å². The summed E-state index contributed by atoms with van der Waals surface area (Å²) in [5.74, 6) is -0.343. The second-order valence-electron chi connectivity index (χ2n) is 6.80. The number of aromatic amines is 1. The summed E-state index contributed by atoms with van der Waals surface area (Å²) in [7, 11) is 1.53. The average Bonchev–Trinajstić information content (AvgIpc) is 3.13.